The number of phenolic OH excluding ortho intramolecular Hbond substituents is 1. The van der Waals surface area contributed by atoms with E-state index < -0.39 is 28.9 Å². The number of carbonyl (C=O) groups excluding carboxylic acids is 2. The van der Waals surface area contributed by atoms with E-state index in [1.165, 1.54) is 14.2 Å². The first-order valence-electron chi connectivity index (χ1n) is 9.87. The van der Waals surface area contributed by atoms with Crippen molar-refractivity contribution in [2.45, 2.75) is 57.8 Å². The first-order chi connectivity index (χ1) is 13.9. The van der Waals surface area contributed by atoms with Crippen LogP contribution in [0.4, 0.5) is 0 Å². The maximum Gasteiger partial charge on any atom is 0.205 e. The number of Topliss-reactive ketones (excluding diaryl/α,β-unsaturated/α-hetero) is 2. The second-order valence-electron chi connectivity index (χ2n) is 8.41. The zero-order chi connectivity index (χ0) is 22.6. The number of carbonyl (C=O) groups is 2. The molecule has 0 bridgehead atoms. The van der Waals surface area contributed by atoms with Crippen LogP contribution in [0.2, 0.25) is 0 Å². The van der Waals surface area contributed by atoms with Crippen LogP contribution in [0.25, 0.3) is 10.8 Å². The third-order valence-corrected chi connectivity index (χ3v) is 6.05. The molecule has 7 heteroatoms. The molecule has 3 N–H and O–H groups in total. The molecule has 0 aromatic heterocycles. The fourth-order valence-corrected chi connectivity index (χ4v) is 4.49. The summed E-state index contributed by atoms with van der Waals surface area (Å²) in [5.41, 5.74) is -2.20. The van der Waals surface area contributed by atoms with E-state index in [-0.39, 0.29) is 11.3 Å². The van der Waals surface area contributed by atoms with Gasteiger partial charge in [-0.3, -0.25) is 9.59 Å². The molecule has 2 atom stereocenters. The van der Waals surface area contributed by atoms with E-state index in [0.717, 1.165) is 6.92 Å². The standard InChI is InChI=1S/C23H28O7/c1-7-8-12-15-11(10-14(29-5)16(12)20(26)30-6)9-13-17(18(15)24)19(25)23(4,28)21(27)22(13,2)3/h9-10,20,24,26,28H,7-8H2,1-6H3. The Kier molecular flexibility index (Phi) is 5.43. The molecule has 3 rings (SSSR count). The number of hydrogen-bond donors (Lipinski definition) is 3. The number of methoxy groups -OCH3 is 2. The Morgan fingerprint density at radius 1 is 1.13 bits per heavy atom. The third kappa shape index (κ3) is 2.92. The van der Waals surface area contributed by atoms with E-state index >= 15 is 0 Å². The first-order valence-corrected chi connectivity index (χ1v) is 9.87. The van der Waals surface area contributed by atoms with Gasteiger partial charge in [0.25, 0.3) is 0 Å². The number of hydrogen-bond acceptors (Lipinski definition) is 7. The predicted octanol–water partition coefficient (Wildman–Crippen LogP) is 2.94. The summed E-state index contributed by atoms with van der Waals surface area (Å²) in [5.74, 6) is -1.41. The van der Waals surface area contributed by atoms with Gasteiger partial charge in [-0.1, -0.05) is 13.3 Å². The molecule has 2 aromatic rings. The highest BCUT2D eigenvalue weighted by Crippen LogP contribution is 2.48. The molecule has 2 unspecified atom stereocenters. The summed E-state index contributed by atoms with van der Waals surface area (Å²) in [6.07, 6.45) is -0.126. The minimum absolute atomic E-state index is 0.0718. The predicted molar refractivity (Wildman–Crippen MR) is 111 cm³/mol. The second kappa shape index (κ2) is 7.34. The molecule has 0 radical (unpaired) electrons. The average Bonchev–Trinajstić information content (AvgIpc) is 2.70. The molecule has 1 aliphatic rings. The molecule has 2 aromatic carbocycles. The van der Waals surface area contributed by atoms with Crippen molar-refractivity contribution >= 4 is 22.3 Å². The van der Waals surface area contributed by atoms with E-state index in [2.05, 4.69) is 0 Å². The number of aliphatic hydroxyl groups is 2. The largest absolute Gasteiger partial charge is 0.507 e. The molecule has 30 heavy (non-hydrogen) atoms. The Bertz CT molecular complexity index is 1050. The fourth-order valence-electron chi connectivity index (χ4n) is 4.49. The van der Waals surface area contributed by atoms with Crippen LogP contribution in [0.15, 0.2) is 12.1 Å². The van der Waals surface area contributed by atoms with Crippen molar-refractivity contribution in [1.29, 1.82) is 0 Å². The van der Waals surface area contributed by atoms with Crippen molar-refractivity contribution < 1.29 is 34.4 Å². The number of aromatic hydroxyl groups is 1. The lowest BCUT2D eigenvalue weighted by Crippen LogP contribution is -2.56. The van der Waals surface area contributed by atoms with Crippen LogP contribution in [0.1, 0.15) is 67.5 Å². The summed E-state index contributed by atoms with van der Waals surface area (Å²) in [6.45, 7) is 6.34. The number of aryl methyl sites for hydroxylation is 1. The molecular weight excluding hydrogens is 388 g/mol. The van der Waals surface area contributed by atoms with Crippen LogP contribution < -0.4 is 4.74 Å². The molecule has 162 valence electrons. The van der Waals surface area contributed by atoms with E-state index in [1.54, 1.807) is 26.0 Å². The molecule has 0 fully saturated rings. The van der Waals surface area contributed by atoms with Gasteiger partial charge in [0.15, 0.2) is 17.7 Å². The van der Waals surface area contributed by atoms with Crippen LogP contribution in [-0.4, -0.2) is 46.7 Å². The van der Waals surface area contributed by atoms with Crippen molar-refractivity contribution in [3.8, 4) is 11.5 Å². The number of fused-ring (bicyclic) bond motifs is 2. The number of ketones is 2. The summed E-state index contributed by atoms with van der Waals surface area (Å²) in [4.78, 5) is 25.9. The van der Waals surface area contributed by atoms with Gasteiger partial charge in [0.05, 0.1) is 23.7 Å². The summed E-state index contributed by atoms with van der Waals surface area (Å²) >= 11 is 0. The van der Waals surface area contributed by atoms with Crippen LogP contribution in [0.5, 0.6) is 11.5 Å². The van der Waals surface area contributed by atoms with Gasteiger partial charge in [0.1, 0.15) is 11.5 Å². The zero-order valence-corrected chi connectivity index (χ0v) is 18.1. The maximum absolute atomic E-state index is 13.0. The third-order valence-electron chi connectivity index (χ3n) is 6.05. The SMILES string of the molecule is CCCc1c(C(O)OC)c(OC)cc2cc3c(c(O)c12)C(=O)C(C)(O)C(=O)C3(C)C. The molecule has 0 spiro atoms. The molecule has 0 heterocycles. The van der Waals surface area contributed by atoms with E-state index in [4.69, 9.17) is 9.47 Å². The Labute approximate surface area is 175 Å². The molecule has 7 nitrogen and oxygen atoms in total. The average molecular weight is 416 g/mol. The monoisotopic (exact) mass is 416 g/mol. The normalized spacial score (nSPS) is 21.6. The number of ether oxygens (including phenoxy) is 2. The minimum Gasteiger partial charge on any atom is -0.507 e. The lowest BCUT2D eigenvalue weighted by atomic mass is 9.64. The van der Waals surface area contributed by atoms with Crippen molar-refractivity contribution in [2.75, 3.05) is 14.2 Å². The van der Waals surface area contributed by atoms with Crippen LogP contribution >= 0.6 is 0 Å². The number of benzene rings is 2. The summed E-state index contributed by atoms with van der Waals surface area (Å²) < 4.78 is 10.6. The summed E-state index contributed by atoms with van der Waals surface area (Å²) in [6, 6.07) is 3.32. The number of aliphatic hydroxyl groups excluding tert-OH is 1. The van der Waals surface area contributed by atoms with Gasteiger partial charge in [-0.05, 0) is 55.8 Å². The highest BCUT2D eigenvalue weighted by molar-refractivity contribution is 6.26. The van der Waals surface area contributed by atoms with E-state index in [0.29, 0.717) is 46.1 Å². The van der Waals surface area contributed by atoms with Crippen molar-refractivity contribution in [2.24, 2.45) is 0 Å². The zero-order valence-electron chi connectivity index (χ0n) is 18.1. The lowest BCUT2D eigenvalue weighted by molar-refractivity contribution is -0.137. The Morgan fingerprint density at radius 2 is 1.77 bits per heavy atom. The highest BCUT2D eigenvalue weighted by Gasteiger charge is 2.54. The highest BCUT2D eigenvalue weighted by atomic mass is 16.6. The Hall–Kier alpha value is -2.48. The summed E-state index contributed by atoms with van der Waals surface area (Å²) in [7, 11) is 2.82. The van der Waals surface area contributed by atoms with Gasteiger partial charge < -0.3 is 24.8 Å². The van der Waals surface area contributed by atoms with Gasteiger partial charge in [-0.25, -0.2) is 0 Å². The Balaban J connectivity index is 2.54. The number of phenols is 1. The van der Waals surface area contributed by atoms with Crippen molar-refractivity contribution in [3.05, 3.63) is 34.4 Å². The van der Waals surface area contributed by atoms with Crippen molar-refractivity contribution in [1.82, 2.24) is 0 Å². The van der Waals surface area contributed by atoms with Crippen molar-refractivity contribution in [3.63, 3.8) is 0 Å². The fraction of sp³-hybridized carbons (Fsp3) is 0.478. The topological polar surface area (TPSA) is 113 Å². The van der Waals surface area contributed by atoms with Gasteiger partial charge in [0, 0.05) is 12.5 Å². The summed E-state index contributed by atoms with van der Waals surface area (Å²) in [5, 5.41) is 33.3. The second-order valence-corrected chi connectivity index (χ2v) is 8.41. The van der Waals surface area contributed by atoms with Crippen LogP contribution in [0, 0.1) is 0 Å². The molecule has 0 aliphatic heterocycles. The van der Waals surface area contributed by atoms with E-state index in [9.17, 15) is 24.9 Å². The minimum atomic E-state index is -2.24. The van der Waals surface area contributed by atoms with Crippen LogP contribution in [-0.2, 0) is 21.4 Å². The molecular formula is C23H28O7. The molecule has 0 amide bonds. The van der Waals surface area contributed by atoms with Gasteiger partial charge in [-0.2, -0.15) is 0 Å². The van der Waals surface area contributed by atoms with E-state index in [1.807, 2.05) is 6.92 Å². The molecule has 1 aliphatic carbocycles. The van der Waals surface area contributed by atoms with Crippen LogP contribution in [0.3, 0.4) is 0 Å². The quantitative estimate of drug-likeness (QED) is 0.507. The number of rotatable bonds is 5. The van der Waals surface area contributed by atoms with Gasteiger partial charge in [-0.15, -0.1) is 0 Å². The van der Waals surface area contributed by atoms with Gasteiger partial charge >= 0.3 is 0 Å². The first kappa shape index (κ1) is 22.2. The molecule has 0 saturated heterocycles. The Morgan fingerprint density at radius 3 is 2.30 bits per heavy atom. The molecule has 0 saturated carbocycles. The smallest absolute Gasteiger partial charge is 0.205 e. The lowest BCUT2D eigenvalue weighted by Gasteiger charge is -2.39. The maximum atomic E-state index is 13.0. The van der Waals surface area contributed by atoms with Gasteiger partial charge in [0.2, 0.25) is 5.78 Å².